The first-order valence-electron chi connectivity index (χ1n) is 12.0. The van der Waals surface area contributed by atoms with Gasteiger partial charge in [-0.25, -0.2) is 0 Å². The maximum atomic E-state index is 13.2. The van der Waals surface area contributed by atoms with Crippen molar-refractivity contribution >= 4 is 5.78 Å². The van der Waals surface area contributed by atoms with E-state index in [-0.39, 0.29) is 11.3 Å². The molecule has 0 aromatic carbocycles. The number of hydrogen-bond donors (Lipinski definition) is 2. The van der Waals surface area contributed by atoms with Crippen LogP contribution in [-0.4, -0.2) is 28.2 Å². The predicted molar refractivity (Wildman–Crippen MR) is 112 cm³/mol. The maximum Gasteiger partial charge on any atom is 0.136 e. The summed E-state index contributed by atoms with van der Waals surface area (Å²) in [6, 6.07) is 0. The fourth-order valence-electron chi connectivity index (χ4n) is 8.95. The van der Waals surface area contributed by atoms with E-state index >= 15 is 0 Å². The van der Waals surface area contributed by atoms with Gasteiger partial charge in [0.2, 0.25) is 0 Å². The van der Waals surface area contributed by atoms with Crippen LogP contribution in [0.4, 0.5) is 0 Å². The van der Waals surface area contributed by atoms with Gasteiger partial charge in [0.05, 0.1) is 12.2 Å². The fourth-order valence-corrected chi connectivity index (χ4v) is 8.95. The van der Waals surface area contributed by atoms with Gasteiger partial charge in [0, 0.05) is 12.3 Å². The minimum atomic E-state index is -0.722. The summed E-state index contributed by atoms with van der Waals surface area (Å²) >= 11 is 0. The molecule has 10 atom stereocenters. The molecule has 0 radical (unpaired) electrons. The second kappa shape index (κ2) is 7.08. The SMILES string of the molecule is CC(C)C[C@@H](C)[C@H]1CC[C@H]2[C@@H]3CC(=O)[C@H]4C[C@H](O)[C@H](O)C[C@]4(C)[C@H]3CC[C@]12C. The first-order valence-corrected chi connectivity index (χ1v) is 12.0. The lowest BCUT2D eigenvalue weighted by Crippen LogP contribution is -2.59. The predicted octanol–water partition coefficient (Wildman–Crippen LogP) is 4.84. The molecular formula is C25H42O3. The maximum absolute atomic E-state index is 13.2. The Morgan fingerprint density at radius 3 is 2.36 bits per heavy atom. The topological polar surface area (TPSA) is 57.5 Å². The van der Waals surface area contributed by atoms with Crippen molar-refractivity contribution in [2.75, 3.05) is 0 Å². The third-order valence-corrected chi connectivity index (χ3v) is 10.1. The zero-order valence-corrected chi connectivity index (χ0v) is 18.7. The van der Waals surface area contributed by atoms with E-state index in [1.165, 1.54) is 32.1 Å². The number of fused-ring (bicyclic) bond motifs is 5. The van der Waals surface area contributed by atoms with Gasteiger partial charge in [-0.1, -0.05) is 34.6 Å². The molecule has 160 valence electrons. The van der Waals surface area contributed by atoms with Gasteiger partial charge in [-0.15, -0.1) is 0 Å². The number of aliphatic hydroxyl groups excluding tert-OH is 2. The van der Waals surface area contributed by atoms with Gasteiger partial charge < -0.3 is 10.2 Å². The molecule has 4 fully saturated rings. The summed E-state index contributed by atoms with van der Waals surface area (Å²) in [5, 5.41) is 20.6. The Hall–Kier alpha value is -0.410. The largest absolute Gasteiger partial charge is 0.390 e. The van der Waals surface area contributed by atoms with Crippen molar-refractivity contribution in [2.24, 2.45) is 52.3 Å². The van der Waals surface area contributed by atoms with Crippen molar-refractivity contribution in [2.45, 2.75) is 98.2 Å². The molecule has 4 aliphatic carbocycles. The number of Topliss-reactive ketones (excluding diaryl/α,β-unsaturated/α-hetero) is 1. The first kappa shape index (κ1) is 20.8. The van der Waals surface area contributed by atoms with E-state index in [9.17, 15) is 15.0 Å². The zero-order valence-electron chi connectivity index (χ0n) is 18.7. The van der Waals surface area contributed by atoms with Gasteiger partial charge in [-0.05, 0) is 91.3 Å². The molecule has 0 aromatic heterocycles. The lowest BCUT2D eigenvalue weighted by atomic mass is 9.44. The van der Waals surface area contributed by atoms with Gasteiger partial charge in [-0.2, -0.15) is 0 Å². The monoisotopic (exact) mass is 390 g/mol. The number of rotatable bonds is 3. The molecular weight excluding hydrogens is 348 g/mol. The summed E-state index contributed by atoms with van der Waals surface area (Å²) in [5.41, 5.74) is 0.257. The van der Waals surface area contributed by atoms with Crippen molar-refractivity contribution in [3.8, 4) is 0 Å². The lowest BCUT2D eigenvalue weighted by Gasteiger charge is -2.61. The van der Waals surface area contributed by atoms with E-state index in [1.54, 1.807) is 0 Å². The normalized spacial score (nSPS) is 52.1. The molecule has 3 heteroatoms. The Bertz CT molecular complexity index is 615. The van der Waals surface area contributed by atoms with E-state index in [0.717, 1.165) is 24.2 Å². The van der Waals surface area contributed by atoms with Crippen molar-refractivity contribution < 1.29 is 15.0 Å². The number of carbonyl (C=O) groups is 1. The molecule has 0 bridgehead atoms. The van der Waals surface area contributed by atoms with Crippen LogP contribution in [0.25, 0.3) is 0 Å². The molecule has 4 aliphatic rings. The molecule has 0 aliphatic heterocycles. The summed E-state index contributed by atoms with van der Waals surface area (Å²) in [7, 11) is 0. The quantitative estimate of drug-likeness (QED) is 0.725. The van der Waals surface area contributed by atoms with Gasteiger partial charge in [0.25, 0.3) is 0 Å². The average molecular weight is 391 g/mol. The number of carbonyl (C=O) groups excluding carboxylic acids is 1. The van der Waals surface area contributed by atoms with Crippen LogP contribution in [0.15, 0.2) is 0 Å². The molecule has 0 heterocycles. The van der Waals surface area contributed by atoms with E-state index in [0.29, 0.717) is 41.8 Å². The Kier molecular flexibility index (Phi) is 5.27. The Morgan fingerprint density at radius 2 is 1.68 bits per heavy atom. The van der Waals surface area contributed by atoms with Crippen LogP contribution >= 0.6 is 0 Å². The van der Waals surface area contributed by atoms with E-state index < -0.39 is 12.2 Å². The highest BCUT2D eigenvalue weighted by molar-refractivity contribution is 5.83. The van der Waals surface area contributed by atoms with Crippen molar-refractivity contribution in [1.82, 2.24) is 0 Å². The van der Waals surface area contributed by atoms with Crippen molar-refractivity contribution in [3.05, 3.63) is 0 Å². The van der Waals surface area contributed by atoms with Crippen LogP contribution in [0.3, 0.4) is 0 Å². The number of ketones is 1. The molecule has 4 rings (SSSR count). The second-order valence-corrected chi connectivity index (χ2v) is 12.0. The lowest BCUT2D eigenvalue weighted by molar-refractivity contribution is -0.173. The van der Waals surface area contributed by atoms with E-state index in [4.69, 9.17) is 0 Å². The number of aliphatic hydroxyl groups is 2. The van der Waals surface area contributed by atoms with Crippen LogP contribution < -0.4 is 0 Å². The Labute approximate surface area is 171 Å². The zero-order chi connectivity index (χ0) is 20.4. The first-order chi connectivity index (χ1) is 13.1. The van der Waals surface area contributed by atoms with Gasteiger partial charge in [0.1, 0.15) is 5.78 Å². The highest BCUT2D eigenvalue weighted by Gasteiger charge is 2.63. The van der Waals surface area contributed by atoms with Crippen molar-refractivity contribution in [3.63, 3.8) is 0 Å². The van der Waals surface area contributed by atoms with Gasteiger partial charge in [-0.3, -0.25) is 4.79 Å². The molecule has 0 aromatic rings. The summed E-state index contributed by atoms with van der Waals surface area (Å²) in [5.74, 6) is 4.32. The van der Waals surface area contributed by atoms with E-state index in [1.807, 2.05) is 0 Å². The molecule has 0 spiro atoms. The average Bonchev–Trinajstić information content (AvgIpc) is 2.94. The highest BCUT2D eigenvalue weighted by atomic mass is 16.3. The molecule has 0 amide bonds. The Morgan fingerprint density at radius 1 is 1.00 bits per heavy atom. The third kappa shape index (κ3) is 3.02. The molecule has 4 saturated carbocycles. The van der Waals surface area contributed by atoms with Crippen molar-refractivity contribution in [1.29, 1.82) is 0 Å². The molecule has 2 N–H and O–H groups in total. The smallest absolute Gasteiger partial charge is 0.136 e. The Balaban J connectivity index is 1.60. The van der Waals surface area contributed by atoms with Crippen LogP contribution in [0.1, 0.15) is 86.0 Å². The van der Waals surface area contributed by atoms with Crippen LogP contribution in [0.5, 0.6) is 0 Å². The molecule has 3 nitrogen and oxygen atoms in total. The van der Waals surface area contributed by atoms with E-state index in [2.05, 4.69) is 34.6 Å². The number of hydrogen-bond acceptors (Lipinski definition) is 3. The van der Waals surface area contributed by atoms with Gasteiger partial charge in [0.15, 0.2) is 0 Å². The standard InChI is InChI=1S/C25H42O3/c1-14(2)10-15(3)17-6-7-18-16-11-21(26)20-12-22(27)23(28)13-25(20,5)19(16)8-9-24(17,18)4/h14-20,22-23,27-28H,6-13H2,1-5H3/t15-,16+,17-,18+,19+,20-,22+,23-,24-,25-/m1/s1. The molecule has 0 unspecified atom stereocenters. The highest BCUT2D eigenvalue weighted by Crippen LogP contribution is 2.67. The molecule has 28 heavy (non-hydrogen) atoms. The van der Waals surface area contributed by atoms with Crippen LogP contribution in [0, 0.1) is 52.3 Å². The summed E-state index contributed by atoms with van der Waals surface area (Å²) in [6.07, 6.45) is 6.80. The second-order valence-electron chi connectivity index (χ2n) is 12.0. The molecule has 0 saturated heterocycles. The third-order valence-electron chi connectivity index (χ3n) is 10.1. The summed E-state index contributed by atoms with van der Waals surface area (Å²) < 4.78 is 0. The summed E-state index contributed by atoms with van der Waals surface area (Å²) in [6.45, 7) is 11.9. The van der Waals surface area contributed by atoms with Crippen LogP contribution in [-0.2, 0) is 4.79 Å². The summed E-state index contributed by atoms with van der Waals surface area (Å²) in [4.78, 5) is 13.2. The minimum absolute atomic E-state index is 0.0476. The van der Waals surface area contributed by atoms with Gasteiger partial charge >= 0.3 is 0 Å². The fraction of sp³-hybridized carbons (Fsp3) is 0.960. The van der Waals surface area contributed by atoms with Crippen LogP contribution in [0.2, 0.25) is 0 Å². The minimum Gasteiger partial charge on any atom is -0.390 e.